The minimum atomic E-state index is -0.0114. The predicted octanol–water partition coefficient (Wildman–Crippen LogP) is 4.62. The van der Waals surface area contributed by atoms with E-state index in [2.05, 4.69) is 9.88 Å². The van der Waals surface area contributed by atoms with Crippen molar-refractivity contribution >= 4 is 34.8 Å². The first-order chi connectivity index (χ1) is 10.6. The van der Waals surface area contributed by atoms with Crippen molar-refractivity contribution in [3.8, 4) is 0 Å². The second-order valence-corrected chi connectivity index (χ2v) is 6.42. The van der Waals surface area contributed by atoms with Gasteiger partial charge in [0.25, 0.3) is 0 Å². The van der Waals surface area contributed by atoms with Gasteiger partial charge < -0.3 is 4.74 Å². The topological polar surface area (TPSA) is 25.4 Å². The first-order valence-electron chi connectivity index (χ1n) is 7.02. The highest BCUT2D eigenvalue weighted by Gasteiger charge is 2.22. The molecular formula is C16H15Cl3N2O. The van der Waals surface area contributed by atoms with Gasteiger partial charge in [0.2, 0.25) is 0 Å². The Hall–Kier alpha value is -0.840. The molecule has 0 bridgehead atoms. The van der Waals surface area contributed by atoms with Gasteiger partial charge in [0.1, 0.15) is 5.15 Å². The van der Waals surface area contributed by atoms with Crippen LogP contribution in [0.2, 0.25) is 15.2 Å². The summed E-state index contributed by atoms with van der Waals surface area (Å²) in [6.07, 6.45) is -0.0114. The molecule has 116 valence electrons. The van der Waals surface area contributed by atoms with Gasteiger partial charge in [0, 0.05) is 19.6 Å². The molecule has 1 aromatic carbocycles. The third-order valence-electron chi connectivity index (χ3n) is 3.62. The van der Waals surface area contributed by atoms with Crippen molar-refractivity contribution in [3.63, 3.8) is 0 Å². The number of nitrogens with zero attached hydrogens (tertiary/aromatic N) is 2. The largest absolute Gasteiger partial charge is 0.371 e. The zero-order chi connectivity index (χ0) is 15.5. The molecule has 0 N–H and O–H groups in total. The molecular weight excluding hydrogens is 343 g/mol. The van der Waals surface area contributed by atoms with Crippen molar-refractivity contribution in [1.82, 2.24) is 9.88 Å². The van der Waals surface area contributed by atoms with E-state index in [1.54, 1.807) is 12.1 Å². The maximum absolute atomic E-state index is 6.09. The zero-order valence-corrected chi connectivity index (χ0v) is 14.1. The van der Waals surface area contributed by atoms with E-state index in [4.69, 9.17) is 39.5 Å². The standard InChI is InChI=1S/C16H15Cl3N2O/c17-13-5-4-11(8-14(13)18)15-10-21(6-7-22-15)9-12-2-1-3-16(19)20-12/h1-5,8,15H,6-7,9-10H2/t15-/m1/s1. The van der Waals surface area contributed by atoms with E-state index in [1.165, 1.54) is 0 Å². The molecule has 2 heterocycles. The average Bonchev–Trinajstić information content (AvgIpc) is 2.50. The van der Waals surface area contributed by atoms with Crippen molar-refractivity contribution in [3.05, 3.63) is 62.9 Å². The Morgan fingerprint density at radius 3 is 2.77 bits per heavy atom. The highest BCUT2D eigenvalue weighted by atomic mass is 35.5. The van der Waals surface area contributed by atoms with Crippen molar-refractivity contribution in [2.45, 2.75) is 12.6 Å². The molecule has 1 aromatic heterocycles. The van der Waals surface area contributed by atoms with Crippen LogP contribution in [0.1, 0.15) is 17.4 Å². The maximum Gasteiger partial charge on any atom is 0.129 e. The Kier molecular flexibility index (Phi) is 5.21. The van der Waals surface area contributed by atoms with Gasteiger partial charge in [0.15, 0.2) is 0 Å². The molecule has 1 atom stereocenters. The summed E-state index contributed by atoms with van der Waals surface area (Å²) in [5.74, 6) is 0. The van der Waals surface area contributed by atoms with Crippen molar-refractivity contribution in [1.29, 1.82) is 0 Å². The summed E-state index contributed by atoms with van der Waals surface area (Å²) in [4.78, 5) is 6.64. The highest BCUT2D eigenvalue weighted by Crippen LogP contribution is 2.29. The SMILES string of the molecule is Clc1cccc(CN2CCO[C@@H](c3ccc(Cl)c(Cl)c3)C2)n1. The van der Waals surface area contributed by atoms with Crippen LogP contribution in [0.5, 0.6) is 0 Å². The minimum absolute atomic E-state index is 0.0114. The molecule has 1 aliphatic rings. The zero-order valence-electron chi connectivity index (χ0n) is 11.8. The molecule has 0 amide bonds. The summed E-state index contributed by atoms with van der Waals surface area (Å²) in [6.45, 7) is 3.07. The molecule has 22 heavy (non-hydrogen) atoms. The summed E-state index contributed by atoms with van der Waals surface area (Å²) in [6, 6.07) is 11.3. The number of rotatable bonds is 3. The molecule has 3 nitrogen and oxygen atoms in total. The third-order valence-corrected chi connectivity index (χ3v) is 4.57. The lowest BCUT2D eigenvalue weighted by Crippen LogP contribution is -2.38. The van der Waals surface area contributed by atoms with Gasteiger partial charge in [-0.15, -0.1) is 0 Å². The first-order valence-corrected chi connectivity index (χ1v) is 8.15. The fourth-order valence-corrected chi connectivity index (χ4v) is 3.02. The van der Waals surface area contributed by atoms with Gasteiger partial charge in [-0.25, -0.2) is 4.98 Å². The van der Waals surface area contributed by atoms with Gasteiger partial charge in [-0.2, -0.15) is 0 Å². The predicted molar refractivity (Wildman–Crippen MR) is 89.7 cm³/mol. The Balaban J connectivity index is 1.69. The summed E-state index contributed by atoms with van der Waals surface area (Å²) in [5, 5.41) is 1.63. The van der Waals surface area contributed by atoms with Gasteiger partial charge in [-0.05, 0) is 29.8 Å². The Morgan fingerprint density at radius 1 is 1.14 bits per heavy atom. The number of hydrogen-bond donors (Lipinski definition) is 0. The van der Waals surface area contributed by atoms with E-state index >= 15 is 0 Å². The summed E-state index contributed by atoms with van der Waals surface area (Å²) in [5.41, 5.74) is 2.00. The molecule has 0 saturated carbocycles. The quantitative estimate of drug-likeness (QED) is 0.750. The number of hydrogen-bond acceptors (Lipinski definition) is 3. The lowest BCUT2D eigenvalue weighted by Gasteiger charge is -2.33. The third kappa shape index (κ3) is 3.92. The second kappa shape index (κ2) is 7.16. The maximum atomic E-state index is 6.09. The van der Waals surface area contributed by atoms with Crippen LogP contribution in [0.3, 0.4) is 0 Å². The van der Waals surface area contributed by atoms with Crippen LogP contribution >= 0.6 is 34.8 Å². The normalized spacial score (nSPS) is 19.3. The Bertz CT molecular complexity index is 666. The minimum Gasteiger partial charge on any atom is -0.371 e. The van der Waals surface area contributed by atoms with Crippen molar-refractivity contribution < 1.29 is 4.74 Å². The summed E-state index contributed by atoms with van der Waals surface area (Å²) < 4.78 is 5.86. The van der Waals surface area contributed by atoms with E-state index in [0.717, 1.165) is 30.9 Å². The fourth-order valence-electron chi connectivity index (χ4n) is 2.53. The summed E-state index contributed by atoms with van der Waals surface area (Å²) in [7, 11) is 0. The van der Waals surface area contributed by atoms with Crippen molar-refractivity contribution in [2.75, 3.05) is 19.7 Å². The smallest absolute Gasteiger partial charge is 0.129 e. The molecule has 1 saturated heterocycles. The molecule has 1 fully saturated rings. The number of halogens is 3. The van der Waals surface area contributed by atoms with E-state index in [0.29, 0.717) is 21.8 Å². The van der Waals surface area contributed by atoms with E-state index in [-0.39, 0.29) is 6.10 Å². The molecule has 2 aromatic rings. The number of pyridine rings is 1. The van der Waals surface area contributed by atoms with Crippen LogP contribution in [0.15, 0.2) is 36.4 Å². The number of benzene rings is 1. The first kappa shape index (κ1) is 16.0. The van der Waals surface area contributed by atoms with Crippen molar-refractivity contribution in [2.24, 2.45) is 0 Å². The molecule has 6 heteroatoms. The average molecular weight is 358 g/mol. The second-order valence-electron chi connectivity index (χ2n) is 5.22. The van der Waals surface area contributed by atoms with Gasteiger partial charge in [-0.3, -0.25) is 4.90 Å². The van der Waals surface area contributed by atoms with Crippen LogP contribution in [-0.2, 0) is 11.3 Å². The monoisotopic (exact) mass is 356 g/mol. The molecule has 0 radical (unpaired) electrons. The van der Waals surface area contributed by atoms with Crippen LogP contribution in [0.4, 0.5) is 0 Å². The van der Waals surface area contributed by atoms with Crippen LogP contribution in [-0.4, -0.2) is 29.6 Å². The lowest BCUT2D eigenvalue weighted by molar-refractivity contribution is -0.0332. The molecule has 0 spiro atoms. The van der Waals surface area contributed by atoms with E-state index in [1.807, 2.05) is 24.3 Å². The number of morpholine rings is 1. The van der Waals surface area contributed by atoms with Gasteiger partial charge >= 0.3 is 0 Å². The Labute approximate surface area is 144 Å². The lowest BCUT2D eigenvalue weighted by atomic mass is 10.1. The van der Waals surface area contributed by atoms with Gasteiger partial charge in [0.05, 0.1) is 28.5 Å². The molecule has 1 aliphatic heterocycles. The van der Waals surface area contributed by atoms with Crippen LogP contribution < -0.4 is 0 Å². The molecule has 3 rings (SSSR count). The van der Waals surface area contributed by atoms with E-state index in [9.17, 15) is 0 Å². The van der Waals surface area contributed by atoms with Crippen LogP contribution in [0, 0.1) is 0 Å². The number of aromatic nitrogens is 1. The highest BCUT2D eigenvalue weighted by molar-refractivity contribution is 6.42. The molecule has 0 unspecified atom stereocenters. The summed E-state index contributed by atoms with van der Waals surface area (Å²) >= 11 is 18.0. The Morgan fingerprint density at radius 2 is 2.00 bits per heavy atom. The fraction of sp³-hybridized carbons (Fsp3) is 0.312. The van der Waals surface area contributed by atoms with E-state index < -0.39 is 0 Å². The van der Waals surface area contributed by atoms with Gasteiger partial charge in [-0.1, -0.05) is 46.9 Å². The molecule has 0 aliphatic carbocycles. The van der Waals surface area contributed by atoms with Crippen LogP contribution in [0.25, 0.3) is 0 Å². The number of ether oxygens (including phenoxy) is 1.